The van der Waals surface area contributed by atoms with Gasteiger partial charge in [-0.3, -0.25) is 14.4 Å². The smallest absolute Gasteiger partial charge is 0.306 e. The summed E-state index contributed by atoms with van der Waals surface area (Å²) in [5.41, 5.74) is 0. The van der Waals surface area contributed by atoms with Crippen LogP contribution >= 0.6 is 0 Å². The van der Waals surface area contributed by atoms with E-state index in [4.69, 9.17) is 14.2 Å². The molecule has 0 rings (SSSR count). The van der Waals surface area contributed by atoms with E-state index in [0.29, 0.717) is 19.3 Å². The van der Waals surface area contributed by atoms with Crippen LogP contribution in [0.2, 0.25) is 0 Å². The highest BCUT2D eigenvalue weighted by molar-refractivity contribution is 5.71. The third-order valence-corrected chi connectivity index (χ3v) is 13.7. The molecule has 1 unspecified atom stereocenters. The summed E-state index contributed by atoms with van der Waals surface area (Å²) >= 11 is 0. The lowest BCUT2D eigenvalue weighted by Gasteiger charge is -2.18. The maximum atomic E-state index is 12.9. The van der Waals surface area contributed by atoms with Crippen molar-refractivity contribution in [2.24, 2.45) is 0 Å². The topological polar surface area (TPSA) is 78.9 Å². The summed E-state index contributed by atoms with van der Waals surface area (Å²) < 4.78 is 16.9. The zero-order valence-electron chi connectivity index (χ0n) is 48.4. The fourth-order valence-corrected chi connectivity index (χ4v) is 9.00. The number of allylic oxidation sites excluding steroid dienone is 12. The number of unbranched alkanes of at least 4 members (excludes halogenated alkanes) is 34. The standard InChI is InChI=1S/C67H118O6/c1-4-7-10-13-16-19-22-25-28-31-32-33-34-35-37-39-42-45-48-51-54-57-60-66(69)72-63-64(62-71-65(68)59-56-53-50-47-44-41-38-30-27-24-21-18-15-12-9-6-3)73-67(70)61-58-55-52-49-46-43-40-36-29-26-23-20-17-14-11-8-5-2/h8,11,17,20,26,29-30,38,40,43,49,52,64H,4-7,9-10,12-16,18-19,21-25,27-28,31-37,39,41-42,44-48,50-51,53-63H2,1-3H3/b11-8-,20-17-,29-26-,38-30-,43-40-,52-49-. The van der Waals surface area contributed by atoms with E-state index in [1.54, 1.807) is 0 Å². The number of esters is 3. The van der Waals surface area contributed by atoms with Gasteiger partial charge < -0.3 is 14.2 Å². The molecule has 0 aromatic rings. The summed E-state index contributed by atoms with van der Waals surface area (Å²) in [6.45, 7) is 6.51. The highest BCUT2D eigenvalue weighted by atomic mass is 16.6. The van der Waals surface area contributed by atoms with Crippen molar-refractivity contribution < 1.29 is 28.6 Å². The number of rotatable bonds is 57. The maximum Gasteiger partial charge on any atom is 0.306 e. The van der Waals surface area contributed by atoms with E-state index in [-0.39, 0.29) is 37.5 Å². The van der Waals surface area contributed by atoms with E-state index in [1.807, 2.05) is 0 Å². The van der Waals surface area contributed by atoms with Crippen LogP contribution in [0.5, 0.6) is 0 Å². The highest BCUT2D eigenvalue weighted by Crippen LogP contribution is 2.17. The summed E-state index contributed by atoms with van der Waals surface area (Å²) in [7, 11) is 0. The van der Waals surface area contributed by atoms with Crippen molar-refractivity contribution in [3.05, 3.63) is 72.9 Å². The quantitative estimate of drug-likeness (QED) is 0.0261. The van der Waals surface area contributed by atoms with Crippen LogP contribution in [-0.4, -0.2) is 37.2 Å². The van der Waals surface area contributed by atoms with E-state index in [2.05, 4.69) is 93.7 Å². The van der Waals surface area contributed by atoms with Gasteiger partial charge in [0.2, 0.25) is 0 Å². The molecule has 73 heavy (non-hydrogen) atoms. The van der Waals surface area contributed by atoms with Crippen molar-refractivity contribution in [1.82, 2.24) is 0 Å². The van der Waals surface area contributed by atoms with Crippen LogP contribution in [0.3, 0.4) is 0 Å². The Balaban J connectivity index is 4.39. The second-order valence-corrected chi connectivity index (χ2v) is 20.9. The van der Waals surface area contributed by atoms with Crippen LogP contribution < -0.4 is 0 Å². The normalized spacial score (nSPS) is 12.5. The number of ether oxygens (including phenoxy) is 3. The van der Waals surface area contributed by atoms with Crippen LogP contribution in [0, 0.1) is 0 Å². The first-order chi connectivity index (χ1) is 36.0. The first kappa shape index (κ1) is 69.8. The molecule has 422 valence electrons. The van der Waals surface area contributed by atoms with Crippen molar-refractivity contribution in [2.45, 2.75) is 322 Å². The number of hydrogen-bond donors (Lipinski definition) is 0. The lowest BCUT2D eigenvalue weighted by Crippen LogP contribution is -2.30. The minimum atomic E-state index is -0.808. The molecule has 0 aliphatic rings. The monoisotopic (exact) mass is 1020 g/mol. The molecular weight excluding hydrogens is 901 g/mol. The third-order valence-electron chi connectivity index (χ3n) is 13.7. The van der Waals surface area contributed by atoms with E-state index >= 15 is 0 Å². The summed E-state index contributed by atoms with van der Waals surface area (Å²) in [6.07, 6.45) is 79.2. The fraction of sp³-hybridized carbons (Fsp3) is 0.776. The Kier molecular flexibility index (Phi) is 58.7. The van der Waals surface area contributed by atoms with Gasteiger partial charge in [-0.1, -0.05) is 286 Å². The van der Waals surface area contributed by atoms with Gasteiger partial charge in [0.15, 0.2) is 6.10 Å². The summed E-state index contributed by atoms with van der Waals surface area (Å²) in [5, 5.41) is 0. The Morgan fingerprint density at radius 1 is 0.288 bits per heavy atom. The Hall–Kier alpha value is -3.15. The average Bonchev–Trinajstić information content (AvgIpc) is 3.39. The van der Waals surface area contributed by atoms with E-state index in [0.717, 1.165) is 83.5 Å². The first-order valence-corrected chi connectivity index (χ1v) is 31.4. The van der Waals surface area contributed by atoms with Crippen molar-refractivity contribution in [2.75, 3.05) is 13.2 Å². The minimum absolute atomic E-state index is 0.0978. The van der Waals surface area contributed by atoms with Gasteiger partial charge in [-0.25, -0.2) is 0 Å². The fourth-order valence-electron chi connectivity index (χ4n) is 9.00. The van der Waals surface area contributed by atoms with E-state index < -0.39 is 6.10 Å². The second kappa shape index (κ2) is 61.4. The Bertz CT molecular complexity index is 1360. The number of carbonyl (C=O) groups is 3. The summed E-state index contributed by atoms with van der Waals surface area (Å²) in [4.78, 5) is 38.3. The largest absolute Gasteiger partial charge is 0.462 e. The van der Waals surface area contributed by atoms with Crippen molar-refractivity contribution in [1.29, 1.82) is 0 Å². The third kappa shape index (κ3) is 59.6. The van der Waals surface area contributed by atoms with Gasteiger partial charge in [-0.2, -0.15) is 0 Å². The minimum Gasteiger partial charge on any atom is -0.462 e. The summed E-state index contributed by atoms with van der Waals surface area (Å²) in [5.74, 6) is -0.951. The SMILES string of the molecule is CC/C=C\C/C=C\C/C=C\C/C=C\C/C=C\CCCC(=O)OC(COC(=O)CCCCCCC/C=C\CCCCCCCCC)COC(=O)CCCCCCCCCCCCCCCCCCCCCCCC. The summed E-state index contributed by atoms with van der Waals surface area (Å²) in [6, 6.07) is 0. The Labute approximate surface area is 453 Å². The molecule has 0 aromatic heterocycles. The molecule has 0 spiro atoms. The molecule has 0 aromatic carbocycles. The molecule has 1 atom stereocenters. The molecule has 0 bridgehead atoms. The van der Waals surface area contributed by atoms with Gasteiger partial charge in [0.1, 0.15) is 13.2 Å². The lowest BCUT2D eigenvalue weighted by molar-refractivity contribution is -0.167. The molecule has 0 saturated carbocycles. The predicted molar refractivity (Wildman–Crippen MR) is 316 cm³/mol. The van der Waals surface area contributed by atoms with Crippen LogP contribution in [0.4, 0.5) is 0 Å². The molecule has 0 N–H and O–H groups in total. The Morgan fingerprint density at radius 3 is 0.890 bits per heavy atom. The van der Waals surface area contributed by atoms with Crippen LogP contribution in [-0.2, 0) is 28.6 Å². The molecule has 0 aliphatic carbocycles. The van der Waals surface area contributed by atoms with Gasteiger partial charge in [0.05, 0.1) is 0 Å². The van der Waals surface area contributed by atoms with Crippen molar-refractivity contribution in [3.63, 3.8) is 0 Å². The van der Waals surface area contributed by atoms with Crippen molar-refractivity contribution >= 4 is 17.9 Å². The van der Waals surface area contributed by atoms with Crippen LogP contribution in [0.15, 0.2) is 72.9 Å². The molecular formula is C67H118O6. The van der Waals surface area contributed by atoms with Crippen molar-refractivity contribution in [3.8, 4) is 0 Å². The Morgan fingerprint density at radius 2 is 0.548 bits per heavy atom. The molecule has 0 amide bonds. The molecule has 6 heteroatoms. The van der Waals surface area contributed by atoms with Crippen LogP contribution in [0.1, 0.15) is 316 Å². The van der Waals surface area contributed by atoms with Gasteiger partial charge in [-0.05, 0) is 83.5 Å². The predicted octanol–water partition coefficient (Wildman–Crippen LogP) is 21.3. The van der Waals surface area contributed by atoms with E-state index in [1.165, 1.54) is 186 Å². The zero-order chi connectivity index (χ0) is 52.9. The maximum absolute atomic E-state index is 12.9. The van der Waals surface area contributed by atoms with E-state index in [9.17, 15) is 14.4 Å². The zero-order valence-corrected chi connectivity index (χ0v) is 48.4. The molecule has 0 radical (unpaired) electrons. The van der Waals surface area contributed by atoms with Gasteiger partial charge >= 0.3 is 17.9 Å². The van der Waals surface area contributed by atoms with Gasteiger partial charge in [0, 0.05) is 19.3 Å². The van der Waals surface area contributed by atoms with Crippen LogP contribution in [0.25, 0.3) is 0 Å². The molecule has 0 fully saturated rings. The lowest BCUT2D eigenvalue weighted by atomic mass is 10.0. The molecule has 0 saturated heterocycles. The first-order valence-electron chi connectivity index (χ1n) is 31.4. The number of hydrogen-bond acceptors (Lipinski definition) is 6. The molecule has 0 heterocycles. The molecule has 6 nitrogen and oxygen atoms in total. The van der Waals surface area contributed by atoms with Gasteiger partial charge in [-0.15, -0.1) is 0 Å². The highest BCUT2D eigenvalue weighted by Gasteiger charge is 2.19. The van der Waals surface area contributed by atoms with Gasteiger partial charge in [0.25, 0.3) is 0 Å². The number of carbonyl (C=O) groups excluding carboxylic acids is 3. The second-order valence-electron chi connectivity index (χ2n) is 20.9. The average molecular weight is 1020 g/mol. The molecule has 0 aliphatic heterocycles.